The van der Waals surface area contributed by atoms with E-state index < -0.39 is 11.9 Å². The van der Waals surface area contributed by atoms with Gasteiger partial charge in [0.15, 0.2) is 0 Å². The van der Waals surface area contributed by atoms with Gasteiger partial charge in [-0.05, 0) is 37.8 Å². The summed E-state index contributed by atoms with van der Waals surface area (Å²) < 4.78 is 0. The Morgan fingerprint density at radius 2 is 2.05 bits per heavy atom. The predicted octanol–water partition coefficient (Wildman–Crippen LogP) is 2.07. The van der Waals surface area contributed by atoms with Crippen molar-refractivity contribution in [2.24, 2.45) is 0 Å². The van der Waals surface area contributed by atoms with Crippen LogP contribution in [0.1, 0.15) is 37.2 Å². The number of carboxylic acids is 1. The zero-order valence-electron chi connectivity index (χ0n) is 12.4. The highest BCUT2D eigenvalue weighted by Crippen LogP contribution is 2.30. The third-order valence-electron chi connectivity index (χ3n) is 4.60. The SMILES string of the molecule is O=C(O)C(CN(CC1CCCN1)C1CC1)c1ccccc1. The first kappa shape index (κ1) is 14.5. The van der Waals surface area contributed by atoms with Gasteiger partial charge in [0.2, 0.25) is 0 Å². The Balaban J connectivity index is 1.68. The van der Waals surface area contributed by atoms with Crippen LogP contribution in [0.15, 0.2) is 30.3 Å². The Kier molecular flexibility index (Phi) is 4.56. The Morgan fingerprint density at radius 1 is 1.29 bits per heavy atom. The minimum atomic E-state index is -0.716. The normalized spacial score (nSPS) is 23.4. The molecule has 0 radical (unpaired) electrons. The molecule has 4 heteroatoms. The van der Waals surface area contributed by atoms with E-state index in [1.54, 1.807) is 0 Å². The lowest BCUT2D eigenvalue weighted by Gasteiger charge is -2.28. The van der Waals surface area contributed by atoms with Crippen molar-refractivity contribution in [1.82, 2.24) is 10.2 Å². The molecule has 1 saturated heterocycles. The summed E-state index contributed by atoms with van der Waals surface area (Å²) in [5.74, 6) is -1.14. The van der Waals surface area contributed by atoms with Crippen LogP contribution in [0.4, 0.5) is 0 Å². The second kappa shape index (κ2) is 6.58. The second-order valence-electron chi connectivity index (χ2n) is 6.28. The fraction of sp³-hybridized carbons (Fsp3) is 0.588. The van der Waals surface area contributed by atoms with Crippen LogP contribution in [0.2, 0.25) is 0 Å². The van der Waals surface area contributed by atoms with Crippen LogP contribution in [-0.2, 0) is 4.79 Å². The summed E-state index contributed by atoms with van der Waals surface area (Å²) in [6.07, 6.45) is 4.89. The molecular weight excluding hydrogens is 264 g/mol. The Morgan fingerprint density at radius 3 is 2.62 bits per heavy atom. The minimum absolute atomic E-state index is 0.423. The van der Waals surface area contributed by atoms with Crippen LogP contribution >= 0.6 is 0 Å². The third kappa shape index (κ3) is 3.83. The van der Waals surface area contributed by atoms with E-state index in [1.807, 2.05) is 30.3 Å². The van der Waals surface area contributed by atoms with Crippen LogP contribution < -0.4 is 5.32 Å². The molecule has 21 heavy (non-hydrogen) atoms. The van der Waals surface area contributed by atoms with Gasteiger partial charge in [-0.2, -0.15) is 0 Å². The van der Waals surface area contributed by atoms with E-state index in [-0.39, 0.29) is 0 Å². The van der Waals surface area contributed by atoms with Crippen molar-refractivity contribution in [3.63, 3.8) is 0 Å². The van der Waals surface area contributed by atoms with Crippen LogP contribution in [-0.4, -0.2) is 47.7 Å². The Hall–Kier alpha value is -1.39. The lowest BCUT2D eigenvalue weighted by molar-refractivity contribution is -0.139. The molecule has 1 saturated carbocycles. The summed E-state index contributed by atoms with van der Waals surface area (Å²) in [5, 5.41) is 13.1. The maximum absolute atomic E-state index is 11.7. The van der Waals surface area contributed by atoms with Gasteiger partial charge in [0, 0.05) is 25.2 Å². The third-order valence-corrected chi connectivity index (χ3v) is 4.60. The van der Waals surface area contributed by atoms with Gasteiger partial charge in [-0.1, -0.05) is 30.3 Å². The van der Waals surface area contributed by atoms with Gasteiger partial charge in [-0.3, -0.25) is 9.69 Å². The maximum atomic E-state index is 11.7. The number of hydrogen-bond acceptors (Lipinski definition) is 3. The molecule has 1 aliphatic carbocycles. The van der Waals surface area contributed by atoms with E-state index in [0.29, 0.717) is 18.6 Å². The molecule has 0 aromatic heterocycles. The first-order valence-corrected chi connectivity index (χ1v) is 7.99. The fourth-order valence-electron chi connectivity index (χ4n) is 3.25. The lowest BCUT2D eigenvalue weighted by atomic mass is 9.98. The molecule has 4 nitrogen and oxygen atoms in total. The zero-order chi connectivity index (χ0) is 14.7. The van der Waals surface area contributed by atoms with Crippen LogP contribution in [0.25, 0.3) is 0 Å². The van der Waals surface area contributed by atoms with Crippen molar-refractivity contribution in [1.29, 1.82) is 0 Å². The van der Waals surface area contributed by atoms with Crippen molar-refractivity contribution in [2.45, 2.75) is 43.7 Å². The van der Waals surface area contributed by atoms with Crippen molar-refractivity contribution >= 4 is 5.97 Å². The van der Waals surface area contributed by atoms with E-state index in [1.165, 1.54) is 25.7 Å². The van der Waals surface area contributed by atoms with Gasteiger partial charge in [0.1, 0.15) is 0 Å². The van der Waals surface area contributed by atoms with Crippen molar-refractivity contribution < 1.29 is 9.90 Å². The zero-order valence-corrected chi connectivity index (χ0v) is 12.4. The van der Waals surface area contributed by atoms with Crippen molar-refractivity contribution in [3.8, 4) is 0 Å². The lowest BCUT2D eigenvalue weighted by Crippen LogP contribution is -2.42. The van der Waals surface area contributed by atoms with Crippen LogP contribution in [0.5, 0.6) is 0 Å². The topological polar surface area (TPSA) is 52.6 Å². The monoisotopic (exact) mass is 288 g/mol. The summed E-state index contributed by atoms with van der Waals surface area (Å²) in [6.45, 7) is 2.72. The average molecular weight is 288 g/mol. The molecule has 1 heterocycles. The summed E-state index contributed by atoms with van der Waals surface area (Å²) in [7, 11) is 0. The first-order valence-electron chi connectivity index (χ1n) is 7.99. The highest BCUT2D eigenvalue weighted by atomic mass is 16.4. The highest BCUT2D eigenvalue weighted by Gasteiger charge is 2.34. The van der Waals surface area contributed by atoms with E-state index >= 15 is 0 Å². The summed E-state index contributed by atoms with van der Waals surface area (Å²) >= 11 is 0. The molecule has 3 rings (SSSR count). The molecular formula is C17H24N2O2. The van der Waals surface area contributed by atoms with Gasteiger partial charge in [0.05, 0.1) is 5.92 Å². The summed E-state index contributed by atoms with van der Waals surface area (Å²) in [4.78, 5) is 14.1. The number of carbonyl (C=O) groups is 1. The van der Waals surface area contributed by atoms with Crippen LogP contribution in [0.3, 0.4) is 0 Å². The largest absolute Gasteiger partial charge is 0.481 e. The molecule has 2 fully saturated rings. The van der Waals surface area contributed by atoms with E-state index in [2.05, 4.69) is 10.2 Å². The van der Waals surface area contributed by atoms with Gasteiger partial charge >= 0.3 is 5.97 Å². The predicted molar refractivity (Wildman–Crippen MR) is 82.4 cm³/mol. The van der Waals surface area contributed by atoms with Gasteiger partial charge in [-0.15, -0.1) is 0 Å². The van der Waals surface area contributed by atoms with Crippen LogP contribution in [0, 0.1) is 0 Å². The molecule has 1 aromatic rings. The summed E-state index contributed by atoms with van der Waals surface area (Å²) in [6, 6.07) is 10.8. The smallest absolute Gasteiger partial charge is 0.312 e. The average Bonchev–Trinajstić information content (AvgIpc) is 3.21. The molecule has 1 aromatic carbocycles. The number of rotatable bonds is 7. The molecule has 2 aliphatic rings. The first-order chi connectivity index (χ1) is 10.2. The summed E-state index contributed by atoms with van der Waals surface area (Å²) in [5.41, 5.74) is 0.912. The molecule has 114 valence electrons. The standard InChI is InChI=1S/C17H24N2O2/c20-17(21)16(13-5-2-1-3-6-13)12-19(15-8-9-15)11-14-7-4-10-18-14/h1-3,5-6,14-16,18H,4,7-12H2,(H,20,21). The maximum Gasteiger partial charge on any atom is 0.312 e. The number of benzene rings is 1. The minimum Gasteiger partial charge on any atom is -0.481 e. The van der Waals surface area contributed by atoms with Crippen molar-refractivity contribution in [2.75, 3.05) is 19.6 Å². The van der Waals surface area contributed by atoms with E-state index in [0.717, 1.165) is 18.7 Å². The molecule has 2 unspecified atom stereocenters. The van der Waals surface area contributed by atoms with Gasteiger partial charge in [-0.25, -0.2) is 0 Å². The molecule has 2 atom stereocenters. The number of nitrogens with zero attached hydrogens (tertiary/aromatic N) is 1. The van der Waals surface area contributed by atoms with E-state index in [4.69, 9.17) is 0 Å². The molecule has 0 spiro atoms. The number of carboxylic acid groups (broad SMARTS) is 1. The van der Waals surface area contributed by atoms with Gasteiger partial charge < -0.3 is 10.4 Å². The second-order valence-corrected chi connectivity index (χ2v) is 6.28. The Bertz CT molecular complexity index is 467. The fourth-order valence-corrected chi connectivity index (χ4v) is 3.25. The molecule has 0 bridgehead atoms. The highest BCUT2D eigenvalue weighted by molar-refractivity contribution is 5.76. The van der Waals surface area contributed by atoms with E-state index in [9.17, 15) is 9.90 Å². The number of aliphatic carboxylic acids is 1. The van der Waals surface area contributed by atoms with Crippen molar-refractivity contribution in [3.05, 3.63) is 35.9 Å². The van der Waals surface area contributed by atoms with Gasteiger partial charge in [0.25, 0.3) is 0 Å². The number of nitrogens with one attached hydrogen (secondary N) is 1. The molecule has 1 aliphatic heterocycles. The Labute approximate surface area is 126 Å². The molecule has 0 amide bonds. The quantitative estimate of drug-likeness (QED) is 0.806. The molecule has 2 N–H and O–H groups in total. The number of hydrogen-bond donors (Lipinski definition) is 2.